The lowest BCUT2D eigenvalue weighted by atomic mass is 9.92. The third-order valence-corrected chi connectivity index (χ3v) is 12.9. The number of allylic oxidation sites excluding steroid dienone is 5. The second-order valence-electron chi connectivity index (χ2n) is 16.3. The number of hydrogen-bond donors (Lipinski definition) is 0. The predicted octanol–water partition coefficient (Wildman–Crippen LogP) is 15.4. The highest BCUT2D eigenvalue weighted by Crippen LogP contribution is 2.42. The molecule has 1 atom stereocenters. The third kappa shape index (κ3) is 5.63. The summed E-state index contributed by atoms with van der Waals surface area (Å²) in [7, 11) is 0. The molecule has 8 aromatic carbocycles. The number of hydrogen-bond acceptors (Lipinski definition) is 0. The highest BCUT2D eigenvalue weighted by molar-refractivity contribution is 6.12. The molecule has 0 saturated carbocycles. The van der Waals surface area contributed by atoms with Crippen LogP contribution in [-0.4, -0.2) is 9.13 Å². The average molecular weight is 767 g/mol. The fraction of sp³-hybridized carbons (Fsp3) is 0.0690. The monoisotopic (exact) mass is 766 g/mol. The van der Waals surface area contributed by atoms with Crippen molar-refractivity contribution >= 4 is 49.6 Å². The van der Waals surface area contributed by atoms with Gasteiger partial charge in [0, 0.05) is 44.7 Å². The van der Waals surface area contributed by atoms with Crippen LogP contribution in [0.3, 0.4) is 0 Å². The van der Waals surface area contributed by atoms with Crippen LogP contribution < -0.4 is 0 Å². The fourth-order valence-electron chi connectivity index (χ4n) is 10.1. The molecule has 2 aromatic heterocycles. The molecule has 2 nitrogen and oxygen atoms in total. The number of rotatable bonds is 6. The van der Waals surface area contributed by atoms with E-state index >= 15 is 0 Å². The van der Waals surface area contributed by atoms with Crippen molar-refractivity contribution in [2.75, 3.05) is 0 Å². The van der Waals surface area contributed by atoms with Crippen molar-refractivity contribution in [1.82, 2.24) is 9.13 Å². The summed E-state index contributed by atoms with van der Waals surface area (Å²) in [6.45, 7) is 0. The van der Waals surface area contributed by atoms with E-state index in [1.165, 1.54) is 105 Å². The van der Waals surface area contributed by atoms with Crippen molar-refractivity contribution in [3.05, 3.63) is 223 Å². The SMILES string of the molecule is C1=CCC(c2cccc(-n3c4ccccc4c4ccc(-c5cccc6c(-c7ccc8c9c(n(-c%10cccc(-c%11ccccc%11)c%10)c8c7)CCC=C9)cccc56)cc43)c2)C=C1. The van der Waals surface area contributed by atoms with Crippen molar-refractivity contribution in [1.29, 1.82) is 0 Å². The molecule has 0 bridgehead atoms. The largest absolute Gasteiger partial charge is 0.313 e. The van der Waals surface area contributed by atoms with Gasteiger partial charge in [-0.05, 0) is 111 Å². The van der Waals surface area contributed by atoms with Gasteiger partial charge in [0.05, 0.1) is 16.6 Å². The smallest absolute Gasteiger partial charge is 0.0547 e. The molecule has 0 amide bonds. The Bertz CT molecular complexity index is 3400. The van der Waals surface area contributed by atoms with Gasteiger partial charge in [0.2, 0.25) is 0 Å². The minimum atomic E-state index is 0.390. The molecular formula is C58H42N2. The van der Waals surface area contributed by atoms with Gasteiger partial charge in [-0.2, -0.15) is 0 Å². The maximum absolute atomic E-state index is 2.52. The second kappa shape index (κ2) is 14.1. The minimum absolute atomic E-state index is 0.390. The van der Waals surface area contributed by atoms with Gasteiger partial charge in [0.15, 0.2) is 0 Å². The first kappa shape index (κ1) is 34.6. The standard InChI is InChI=1S/C58H42N2/c1-3-15-39(16-4-1)41-19-11-21-45(35-41)59-55-29-9-7-23-51(55)53-33-31-43(37-57(53)59)47-25-13-28-50-48(26-14-27-49(47)50)44-32-34-54-52-24-8-10-30-56(52)60(58(54)38-44)46-22-12-20-42(36-46)40-17-5-2-6-18-40/h1-9,11-15,17-29,31-39H,10,16,30H2. The molecule has 2 heterocycles. The van der Waals surface area contributed by atoms with E-state index in [4.69, 9.17) is 0 Å². The summed E-state index contributed by atoms with van der Waals surface area (Å²) in [5.41, 5.74) is 17.6. The van der Waals surface area contributed by atoms with Gasteiger partial charge in [-0.1, -0.05) is 170 Å². The Hall–Kier alpha value is -7.42. The van der Waals surface area contributed by atoms with Crippen LogP contribution in [0.1, 0.15) is 35.6 Å². The van der Waals surface area contributed by atoms with E-state index in [-0.39, 0.29) is 0 Å². The molecule has 12 rings (SSSR count). The Morgan fingerprint density at radius 1 is 0.417 bits per heavy atom. The summed E-state index contributed by atoms with van der Waals surface area (Å²) in [5, 5.41) is 6.35. The summed E-state index contributed by atoms with van der Waals surface area (Å²) >= 11 is 0. The van der Waals surface area contributed by atoms with Crippen molar-refractivity contribution < 1.29 is 0 Å². The number of benzene rings is 8. The zero-order valence-electron chi connectivity index (χ0n) is 33.3. The first-order valence-corrected chi connectivity index (χ1v) is 21.3. The summed E-state index contributed by atoms with van der Waals surface area (Å²) in [5.74, 6) is 0.390. The Morgan fingerprint density at radius 2 is 1.07 bits per heavy atom. The van der Waals surface area contributed by atoms with E-state index in [0.29, 0.717) is 5.92 Å². The Balaban J connectivity index is 1.00. The van der Waals surface area contributed by atoms with Crippen molar-refractivity contribution in [3.63, 3.8) is 0 Å². The zero-order valence-corrected chi connectivity index (χ0v) is 33.3. The van der Waals surface area contributed by atoms with Crippen LogP contribution in [0.2, 0.25) is 0 Å². The van der Waals surface area contributed by atoms with Gasteiger partial charge in [-0.25, -0.2) is 0 Å². The topological polar surface area (TPSA) is 9.86 Å². The molecule has 0 radical (unpaired) electrons. The second-order valence-corrected chi connectivity index (χ2v) is 16.3. The quantitative estimate of drug-likeness (QED) is 0.160. The zero-order chi connectivity index (χ0) is 39.6. The highest BCUT2D eigenvalue weighted by Gasteiger charge is 2.21. The molecule has 0 N–H and O–H groups in total. The Morgan fingerprint density at radius 3 is 1.85 bits per heavy atom. The average Bonchev–Trinajstić information content (AvgIpc) is 3.84. The molecule has 60 heavy (non-hydrogen) atoms. The van der Waals surface area contributed by atoms with E-state index in [2.05, 4.69) is 222 Å². The summed E-state index contributed by atoms with van der Waals surface area (Å²) < 4.78 is 4.98. The molecule has 0 spiro atoms. The Labute approximate surface area is 350 Å². The molecule has 2 aliphatic carbocycles. The van der Waals surface area contributed by atoms with Crippen LogP contribution in [0, 0.1) is 0 Å². The molecule has 2 heteroatoms. The minimum Gasteiger partial charge on any atom is -0.313 e. The van der Waals surface area contributed by atoms with Gasteiger partial charge in [0.1, 0.15) is 0 Å². The Kier molecular flexibility index (Phi) is 8.16. The molecule has 0 saturated heterocycles. The maximum Gasteiger partial charge on any atom is 0.0547 e. The molecule has 284 valence electrons. The van der Waals surface area contributed by atoms with Gasteiger partial charge in [0.25, 0.3) is 0 Å². The summed E-state index contributed by atoms with van der Waals surface area (Å²) in [6, 6.07) is 65.5. The molecule has 0 aliphatic heterocycles. The van der Waals surface area contributed by atoms with E-state index in [1.54, 1.807) is 0 Å². The van der Waals surface area contributed by atoms with Crippen LogP contribution >= 0.6 is 0 Å². The number of nitrogens with zero attached hydrogens (tertiary/aromatic N) is 2. The molecular weight excluding hydrogens is 725 g/mol. The lowest BCUT2D eigenvalue weighted by Crippen LogP contribution is -2.03. The number of para-hydroxylation sites is 1. The lowest BCUT2D eigenvalue weighted by molar-refractivity contribution is 0.852. The van der Waals surface area contributed by atoms with E-state index in [1.807, 2.05) is 0 Å². The first-order valence-electron chi connectivity index (χ1n) is 21.3. The van der Waals surface area contributed by atoms with Crippen LogP contribution in [-0.2, 0) is 6.42 Å². The van der Waals surface area contributed by atoms with E-state index in [9.17, 15) is 0 Å². The predicted molar refractivity (Wildman–Crippen MR) is 254 cm³/mol. The molecule has 0 fully saturated rings. The van der Waals surface area contributed by atoms with Gasteiger partial charge in [-0.15, -0.1) is 0 Å². The van der Waals surface area contributed by atoms with E-state index in [0.717, 1.165) is 19.3 Å². The summed E-state index contributed by atoms with van der Waals surface area (Å²) in [6.07, 6.45) is 16.7. The van der Waals surface area contributed by atoms with Gasteiger partial charge in [-0.3, -0.25) is 0 Å². The molecule has 10 aromatic rings. The maximum atomic E-state index is 2.52. The normalized spacial score (nSPS) is 14.8. The van der Waals surface area contributed by atoms with Gasteiger partial charge >= 0.3 is 0 Å². The van der Waals surface area contributed by atoms with Crippen molar-refractivity contribution in [2.24, 2.45) is 0 Å². The first-order chi connectivity index (χ1) is 29.8. The van der Waals surface area contributed by atoms with Crippen LogP contribution in [0.5, 0.6) is 0 Å². The van der Waals surface area contributed by atoms with Crippen LogP contribution in [0.4, 0.5) is 0 Å². The number of fused-ring (bicyclic) bond motifs is 7. The van der Waals surface area contributed by atoms with Crippen LogP contribution in [0.25, 0.3) is 94.3 Å². The van der Waals surface area contributed by atoms with Crippen molar-refractivity contribution in [2.45, 2.75) is 25.2 Å². The molecule has 2 aliphatic rings. The highest BCUT2D eigenvalue weighted by atomic mass is 15.0. The third-order valence-electron chi connectivity index (χ3n) is 12.9. The number of aromatic nitrogens is 2. The summed E-state index contributed by atoms with van der Waals surface area (Å²) in [4.78, 5) is 0. The van der Waals surface area contributed by atoms with Crippen LogP contribution in [0.15, 0.2) is 206 Å². The molecule has 1 unspecified atom stereocenters. The fourth-order valence-corrected chi connectivity index (χ4v) is 10.1. The van der Waals surface area contributed by atoms with E-state index < -0.39 is 0 Å². The lowest BCUT2D eigenvalue weighted by Gasteiger charge is -2.16. The van der Waals surface area contributed by atoms with Gasteiger partial charge < -0.3 is 9.13 Å². The van der Waals surface area contributed by atoms with Crippen molar-refractivity contribution in [3.8, 4) is 44.8 Å².